The molecule has 0 unspecified atom stereocenters. The van der Waals surface area contributed by atoms with Gasteiger partial charge in [-0.15, -0.1) is 11.3 Å². The van der Waals surface area contributed by atoms with E-state index in [-0.39, 0.29) is 5.78 Å². The summed E-state index contributed by atoms with van der Waals surface area (Å²) in [5.41, 5.74) is 0.538. The van der Waals surface area contributed by atoms with Crippen LogP contribution in [0.2, 0.25) is 8.67 Å². The number of Topliss-reactive ketones (excluding diaryl/α,β-unsaturated/α-hetero) is 1. The van der Waals surface area contributed by atoms with Crippen molar-refractivity contribution in [2.24, 2.45) is 0 Å². The first kappa shape index (κ1) is 14.3. The molecule has 0 N–H and O–H groups in total. The minimum absolute atomic E-state index is 0.0376. The molecule has 90 valence electrons. The van der Waals surface area contributed by atoms with Crippen LogP contribution in [0.4, 0.5) is 0 Å². The summed E-state index contributed by atoms with van der Waals surface area (Å²) in [7, 11) is 1.67. The van der Waals surface area contributed by atoms with Crippen LogP contribution in [-0.2, 0) is 4.74 Å². The summed E-state index contributed by atoms with van der Waals surface area (Å²) in [5.74, 6) is 1.39. The maximum Gasteiger partial charge on any atom is 0.175 e. The Bertz CT molecular complexity index is 353. The average molecular weight is 299 g/mol. The maximum atomic E-state index is 11.7. The lowest BCUT2D eigenvalue weighted by Crippen LogP contribution is -2.02. The Kier molecular flexibility index (Phi) is 6.77. The molecule has 1 aromatic rings. The van der Waals surface area contributed by atoms with Crippen LogP contribution in [0.1, 0.15) is 16.8 Å². The number of ketones is 1. The van der Waals surface area contributed by atoms with Gasteiger partial charge in [0.25, 0.3) is 0 Å². The average Bonchev–Trinajstić information content (AvgIpc) is 2.57. The number of thiophene rings is 1. The summed E-state index contributed by atoms with van der Waals surface area (Å²) < 4.78 is 5.95. The predicted molar refractivity (Wildman–Crippen MR) is 72.5 cm³/mol. The SMILES string of the molecule is COCCCSCC(=O)c1cc(Cl)sc1Cl. The second-order valence-corrected chi connectivity index (χ2v) is 6.45. The monoisotopic (exact) mass is 298 g/mol. The molecule has 0 fully saturated rings. The van der Waals surface area contributed by atoms with Gasteiger partial charge in [0.2, 0.25) is 0 Å². The summed E-state index contributed by atoms with van der Waals surface area (Å²) in [5, 5.41) is 0. The second-order valence-electron chi connectivity index (χ2n) is 3.06. The molecule has 0 saturated heterocycles. The van der Waals surface area contributed by atoms with E-state index in [1.807, 2.05) is 0 Å². The quantitative estimate of drug-likeness (QED) is 0.562. The molecular weight excluding hydrogens is 287 g/mol. The van der Waals surface area contributed by atoms with Crippen LogP contribution < -0.4 is 0 Å². The third kappa shape index (κ3) is 4.63. The fourth-order valence-electron chi connectivity index (χ4n) is 1.08. The zero-order valence-electron chi connectivity index (χ0n) is 8.79. The molecule has 16 heavy (non-hydrogen) atoms. The van der Waals surface area contributed by atoms with Crippen molar-refractivity contribution in [1.82, 2.24) is 0 Å². The summed E-state index contributed by atoms with van der Waals surface area (Å²) in [4.78, 5) is 11.7. The van der Waals surface area contributed by atoms with Gasteiger partial charge in [-0.2, -0.15) is 11.8 Å². The van der Waals surface area contributed by atoms with Crippen molar-refractivity contribution in [3.63, 3.8) is 0 Å². The van der Waals surface area contributed by atoms with Crippen LogP contribution in [0.15, 0.2) is 6.07 Å². The van der Waals surface area contributed by atoms with Crippen LogP contribution in [-0.4, -0.2) is 31.0 Å². The molecule has 0 atom stereocenters. The Morgan fingerprint density at radius 2 is 2.31 bits per heavy atom. The topological polar surface area (TPSA) is 26.3 Å². The van der Waals surface area contributed by atoms with Gasteiger partial charge in [-0.25, -0.2) is 0 Å². The molecule has 0 aromatic carbocycles. The summed E-state index contributed by atoms with van der Waals surface area (Å²) in [6.45, 7) is 0.728. The van der Waals surface area contributed by atoms with Crippen molar-refractivity contribution in [2.45, 2.75) is 6.42 Å². The van der Waals surface area contributed by atoms with E-state index in [0.29, 0.717) is 20.0 Å². The Labute approximate surface area is 113 Å². The molecule has 6 heteroatoms. The van der Waals surface area contributed by atoms with E-state index in [1.165, 1.54) is 11.3 Å². The number of thioether (sulfide) groups is 1. The highest BCUT2D eigenvalue weighted by Gasteiger charge is 2.13. The lowest BCUT2D eigenvalue weighted by atomic mass is 10.2. The lowest BCUT2D eigenvalue weighted by molar-refractivity contribution is 0.102. The molecule has 2 nitrogen and oxygen atoms in total. The number of methoxy groups -OCH3 is 1. The first-order chi connectivity index (χ1) is 7.65. The van der Waals surface area contributed by atoms with E-state index in [0.717, 1.165) is 18.8 Å². The Morgan fingerprint density at radius 3 is 2.88 bits per heavy atom. The molecule has 0 amide bonds. The number of rotatable bonds is 7. The summed E-state index contributed by atoms with van der Waals surface area (Å²) >= 11 is 14.5. The first-order valence-corrected chi connectivity index (χ1v) is 7.42. The fourth-order valence-corrected chi connectivity index (χ4v) is 3.38. The number of hydrogen-bond donors (Lipinski definition) is 0. The predicted octanol–water partition coefficient (Wildman–Crippen LogP) is 4.01. The molecule has 1 rings (SSSR count). The number of halogens is 2. The highest BCUT2D eigenvalue weighted by atomic mass is 35.5. The van der Waals surface area contributed by atoms with Gasteiger partial charge in [0, 0.05) is 19.3 Å². The third-order valence-electron chi connectivity index (χ3n) is 1.83. The van der Waals surface area contributed by atoms with Crippen molar-refractivity contribution in [3.05, 3.63) is 20.3 Å². The zero-order valence-corrected chi connectivity index (χ0v) is 11.9. The van der Waals surface area contributed by atoms with Crippen molar-refractivity contribution in [1.29, 1.82) is 0 Å². The number of ether oxygens (including phenoxy) is 1. The fraction of sp³-hybridized carbons (Fsp3) is 0.500. The van der Waals surface area contributed by atoms with E-state index in [2.05, 4.69) is 0 Å². The maximum absolute atomic E-state index is 11.7. The lowest BCUT2D eigenvalue weighted by Gasteiger charge is -2.00. The van der Waals surface area contributed by atoms with Gasteiger partial charge in [-0.3, -0.25) is 4.79 Å². The largest absolute Gasteiger partial charge is 0.385 e. The molecule has 0 bridgehead atoms. The molecule has 1 aromatic heterocycles. The highest BCUT2D eigenvalue weighted by molar-refractivity contribution is 7.99. The zero-order chi connectivity index (χ0) is 12.0. The van der Waals surface area contributed by atoms with E-state index in [4.69, 9.17) is 27.9 Å². The van der Waals surface area contributed by atoms with E-state index in [9.17, 15) is 4.79 Å². The van der Waals surface area contributed by atoms with Crippen LogP contribution in [0, 0.1) is 0 Å². The third-order valence-corrected chi connectivity index (χ3v) is 4.36. The van der Waals surface area contributed by atoms with Crippen LogP contribution >= 0.6 is 46.3 Å². The van der Waals surface area contributed by atoms with Gasteiger partial charge in [0.15, 0.2) is 5.78 Å². The number of carbonyl (C=O) groups is 1. The van der Waals surface area contributed by atoms with Gasteiger partial charge in [0.1, 0.15) is 4.34 Å². The Morgan fingerprint density at radius 1 is 1.56 bits per heavy atom. The molecule has 0 saturated carbocycles. The van der Waals surface area contributed by atoms with Gasteiger partial charge < -0.3 is 4.74 Å². The minimum Gasteiger partial charge on any atom is -0.385 e. The van der Waals surface area contributed by atoms with E-state index in [1.54, 1.807) is 24.9 Å². The van der Waals surface area contributed by atoms with Crippen LogP contribution in [0.5, 0.6) is 0 Å². The van der Waals surface area contributed by atoms with Crippen molar-refractivity contribution in [2.75, 3.05) is 25.2 Å². The van der Waals surface area contributed by atoms with Crippen molar-refractivity contribution < 1.29 is 9.53 Å². The van der Waals surface area contributed by atoms with Gasteiger partial charge in [-0.1, -0.05) is 23.2 Å². The molecule has 0 radical (unpaired) electrons. The van der Waals surface area contributed by atoms with Gasteiger partial charge in [0.05, 0.1) is 10.1 Å². The Balaban J connectivity index is 2.33. The first-order valence-electron chi connectivity index (χ1n) is 4.70. The minimum atomic E-state index is 0.0376. The molecule has 0 aliphatic rings. The highest BCUT2D eigenvalue weighted by Crippen LogP contribution is 2.31. The van der Waals surface area contributed by atoms with Crippen molar-refractivity contribution >= 4 is 52.1 Å². The van der Waals surface area contributed by atoms with Crippen LogP contribution in [0.3, 0.4) is 0 Å². The second kappa shape index (κ2) is 7.56. The molecule has 0 aliphatic carbocycles. The summed E-state index contributed by atoms with van der Waals surface area (Å²) in [6, 6.07) is 1.63. The summed E-state index contributed by atoms with van der Waals surface area (Å²) in [6.07, 6.45) is 0.951. The van der Waals surface area contributed by atoms with E-state index < -0.39 is 0 Å². The molecular formula is C10H12Cl2O2S2. The normalized spacial score (nSPS) is 10.7. The Hall–Kier alpha value is 0.260. The van der Waals surface area contributed by atoms with Gasteiger partial charge in [-0.05, 0) is 18.2 Å². The molecule has 0 aliphatic heterocycles. The number of hydrogen-bond acceptors (Lipinski definition) is 4. The molecule has 0 spiro atoms. The standard InChI is InChI=1S/C10H12Cl2O2S2/c1-14-3-2-4-15-6-8(13)7-5-9(11)16-10(7)12/h5H,2-4,6H2,1H3. The molecule has 1 heterocycles. The van der Waals surface area contributed by atoms with Crippen LogP contribution in [0.25, 0.3) is 0 Å². The van der Waals surface area contributed by atoms with E-state index >= 15 is 0 Å². The van der Waals surface area contributed by atoms with Gasteiger partial charge >= 0.3 is 0 Å². The van der Waals surface area contributed by atoms with Crippen molar-refractivity contribution in [3.8, 4) is 0 Å². The number of carbonyl (C=O) groups excluding carboxylic acids is 1. The smallest absolute Gasteiger partial charge is 0.175 e.